The van der Waals surface area contributed by atoms with Gasteiger partial charge in [-0.25, -0.2) is 0 Å². The molecule has 138 valence electrons. The molecule has 4 rings (SSSR count). The van der Waals surface area contributed by atoms with Gasteiger partial charge in [-0.1, -0.05) is 27.9 Å². The molecule has 0 aromatic heterocycles. The minimum Gasteiger partial charge on any atom is -0.420 e. The number of ketones is 1. The summed E-state index contributed by atoms with van der Waals surface area (Å²) in [5.74, 6) is 2.54. The summed E-state index contributed by atoms with van der Waals surface area (Å²) in [6.07, 6.45) is 11.5. The Kier molecular flexibility index (Phi) is 5.15. The Labute approximate surface area is 162 Å². The van der Waals surface area contributed by atoms with Crippen molar-refractivity contribution in [2.24, 2.45) is 23.2 Å². The zero-order chi connectivity index (χ0) is 17.6. The molecule has 0 aliphatic heterocycles. The highest BCUT2D eigenvalue weighted by molar-refractivity contribution is 9.09. The highest BCUT2D eigenvalue weighted by Gasteiger charge is 2.53. The largest absolute Gasteiger partial charge is 0.420 e. The Morgan fingerprint density at radius 3 is 2.88 bits per heavy atom. The maximum atomic E-state index is 11.9. The predicted molar refractivity (Wildman–Crippen MR) is 109 cm³/mol. The SMILES string of the molecule is C[SiH](C)OC[C@@]12CCC[C@H]1[C@H]1C(=C3CCC(=O)C=C3C[C@H]1CBr)CC2. The molecule has 4 aliphatic carbocycles. The second-order valence-electron chi connectivity index (χ2n) is 9.00. The Balaban J connectivity index is 1.70. The third-order valence-electron chi connectivity index (χ3n) is 7.33. The Morgan fingerprint density at radius 2 is 2.12 bits per heavy atom. The summed E-state index contributed by atoms with van der Waals surface area (Å²) in [7, 11) is -0.959. The quantitative estimate of drug-likeness (QED) is 0.460. The van der Waals surface area contributed by atoms with Gasteiger partial charge in [0.25, 0.3) is 0 Å². The maximum Gasteiger partial charge on any atom is 0.170 e. The van der Waals surface area contributed by atoms with E-state index in [1.165, 1.54) is 37.7 Å². The second kappa shape index (κ2) is 7.08. The van der Waals surface area contributed by atoms with Crippen LogP contribution in [0.2, 0.25) is 13.1 Å². The molecule has 2 fully saturated rings. The molecular formula is C21H31BrO2Si. The molecule has 2 nitrogen and oxygen atoms in total. The molecule has 4 atom stereocenters. The number of fused-ring (bicyclic) bond motifs is 4. The second-order valence-corrected chi connectivity index (χ2v) is 12.1. The zero-order valence-corrected chi connectivity index (χ0v) is 18.4. The van der Waals surface area contributed by atoms with Crippen LogP contribution in [0.25, 0.3) is 0 Å². The van der Waals surface area contributed by atoms with Crippen LogP contribution in [0.5, 0.6) is 0 Å². The summed E-state index contributed by atoms with van der Waals surface area (Å²) in [4.78, 5) is 11.9. The van der Waals surface area contributed by atoms with E-state index < -0.39 is 9.04 Å². The molecule has 0 radical (unpaired) electrons. The fourth-order valence-electron chi connectivity index (χ4n) is 6.25. The molecule has 4 heteroatoms. The first-order chi connectivity index (χ1) is 12.0. The smallest absolute Gasteiger partial charge is 0.170 e. The van der Waals surface area contributed by atoms with Crippen LogP contribution < -0.4 is 0 Å². The van der Waals surface area contributed by atoms with Gasteiger partial charge in [0.05, 0.1) is 0 Å². The van der Waals surface area contributed by atoms with Crippen LogP contribution in [-0.2, 0) is 9.22 Å². The molecular weight excluding hydrogens is 392 g/mol. The fourth-order valence-corrected chi connectivity index (χ4v) is 7.55. The summed E-state index contributed by atoms with van der Waals surface area (Å²) in [6.45, 7) is 5.61. The third kappa shape index (κ3) is 3.17. The average molecular weight is 423 g/mol. The molecule has 0 heterocycles. The van der Waals surface area contributed by atoms with Crippen LogP contribution in [0.3, 0.4) is 0 Å². The normalized spacial score (nSPS) is 37.7. The number of rotatable bonds is 4. The van der Waals surface area contributed by atoms with Gasteiger partial charge < -0.3 is 4.43 Å². The number of carbonyl (C=O) groups excluding carboxylic acids is 1. The van der Waals surface area contributed by atoms with Crippen LogP contribution in [0.4, 0.5) is 0 Å². The molecule has 2 saturated carbocycles. The topological polar surface area (TPSA) is 26.3 Å². The third-order valence-corrected chi connectivity index (χ3v) is 8.99. The molecule has 0 aromatic carbocycles. The first-order valence-electron chi connectivity index (χ1n) is 10.2. The van der Waals surface area contributed by atoms with Gasteiger partial charge in [0.15, 0.2) is 14.8 Å². The minimum absolute atomic E-state index is 0.340. The molecule has 0 amide bonds. The zero-order valence-electron chi connectivity index (χ0n) is 15.7. The summed E-state index contributed by atoms with van der Waals surface area (Å²) < 4.78 is 6.31. The van der Waals surface area contributed by atoms with E-state index in [0.717, 1.165) is 43.0 Å². The summed E-state index contributed by atoms with van der Waals surface area (Å²) >= 11 is 3.82. The van der Waals surface area contributed by atoms with Gasteiger partial charge >= 0.3 is 0 Å². The van der Waals surface area contributed by atoms with Crippen LogP contribution in [0, 0.1) is 23.2 Å². The lowest BCUT2D eigenvalue weighted by molar-refractivity contribution is -0.114. The van der Waals surface area contributed by atoms with Crippen molar-refractivity contribution in [2.45, 2.75) is 64.5 Å². The molecule has 4 aliphatic rings. The van der Waals surface area contributed by atoms with E-state index in [9.17, 15) is 4.79 Å². The van der Waals surface area contributed by atoms with Crippen molar-refractivity contribution in [1.29, 1.82) is 0 Å². The first-order valence-corrected chi connectivity index (χ1v) is 14.1. The van der Waals surface area contributed by atoms with Crippen LogP contribution in [0.1, 0.15) is 51.4 Å². The number of alkyl halides is 1. The standard InChI is InChI=1S/C21H31BrO2Si/c1-25(2)24-13-21-8-3-4-19(21)20-15(12-22)10-14-11-16(23)5-6-17(14)18(20)7-9-21/h11,15,19-20,25H,3-10,12-13H2,1-2H3/t15-,19-,20+,21-/m0/s1. The van der Waals surface area contributed by atoms with Gasteiger partial charge in [-0.05, 0) is 92.0 Å². The Hall–Kier alpha value is -0.193. The highest BCUT2D eigenvalue weighted by Crippen LogP contribution is 2.61. The Bertz CT molecular complexity index is 623. The lowest BCUT2D eigenvalue weighted by Crippen LogP contribution is -2.45. The van der Waals surface area contributed by atoms with Crippen molar-refractivity contribution in [2.75, 3.05) is 11.9 Å². The molecule has 25 heavy (non-hydrogen) atoms. The van der Waals surface area contributed by atoms with E-state index in [1.807, 2.05) is 6.08 Å². The van der Waals surface area contributed by atoms with Crippen LogP contribution in [0.15, 0.2) is 22.8 Å². The number of hydrogen-bond acceptors (Lipinski definition) is 2. The van der Waals surface area contributed by atoms with E-state index in [-0.39, 0.29) is 0 Å². The monoisotopic (exact) mass is 422 g/mol. The maximum absolute atomic E-state index is 11.9. The van der Waals surface area contributed by atoms with Crippen molar-refractivity contribution >= 4 is 30.8 Å². The van der Waals surface area contributed by atoms with Crippen molar-refractivity contribution in [3.63, 3.8) is 0 Å². The van der Waals surface area contributed by atoms with Crippen molar-refractivity contribution < 1.29 is 9.22 Å². The van der Waals surface area contributed by atoms with Gasteiger partial charge in [-0.2, -0.15) is 0 Å². The molecule has 0 spiro atoms. The number of hydrogen-bond donors (Lipinski definition) is 0. The highest BCUT2D eigenvalue weighted by atomic mass is 79.9. The fraction of sp³-hybridized carbons (Fsp3) is 0.762. The van der Waals surface area contributed by atoms with Gasteiger partial charge in [0.2, 0.25) is 0 Å². The number of allylic oxidation sites excluding steroid dienone is 4. The van der Waals surface area contributed by atoms with Crippen molar-refractivity contribution in [1.82, 2.24) is 0 Å². The number of halogens is 1. The summed E-state index contributed by atoms with van der Waals surface area (Å²) in [5.41, 5.74) is 5.14. The summed E-state index contributed by atoms with van der Waals surface area (Å²) in [5, 5.41) is 1.06. The van der Waals surface area contributed by atoms with Crippen molar-refractivity contribution in [3.05, 3.63) is 22.8 Å². The molecule has 0 saturated heterocycles. The lowest BCUT2D eigenvalue weighted by Gasteiger charge is -2.51. The van der Waals surface area contributed by atoms with E-state index in [0.29, 0.717) is 17.1 Å². The lowest BCUT2D eigenvalue weighted by atomic mass is 9.55. The van der Waals surface area contributed by atoms with Gasteiger partial charge in [-0.3, -0.25) is 4.79 Å². The summed E-state index contributed by atoms with van der Waals surface area (Å²) in [6, 6.07) is 0. The number of carbonyl (C=O) groups is 1. The van der Waals surface area contributed by atoms with Crippen molar-refractivity contribution in [3.8, 4) is 0 Å². The molecule has 0 N–H and O–H groups in total. The van der Waals surface area contributed by atoms with Crippen LogP contribution in [-0.4, -0.2) is 26.8 Å². The predicted octanol–water partition coefficient (Wildman–Crippen LogP) is 5.18. The average Bonchev–Trinajstić information content (AvgIpc) is 3.03. The van der Waals surface area contributed by atoms with E-state index >= 15 is 0 Å². The minimum atomic E-state index is -0.959. The first kappa shape index (κ1) is 18.2. The molecule has 0 aromatic rings. The van der Waals surface area contributed by atoms with Gasteiger partial charge in [0.1, 0.15) is 0 Å². The molecule has 0 bridgehead atoms. The Morgan fingerprint density at radius 1 is 1.28 bits per heavy atom. The van der Waals surface area contributed by atoms with E-state index in [2.05, 4.69) is 29.0 Å². The van der Waals surface area contributed by atoms with E-state index in [4.69, 9.17) is 4.43 Å². The molecule has 0 unspecified atom stereocenters. The van der Waals surface area contributed by atoms with Crippen LogP contribution >= 0.6 is 15.9 Å². The van der Waals surface area contributed by atoms with E-state index in [1.54, 1.807) is 11.1 Å². The van der Waals surface area contributed by atoms with Gasteiger partial charge in [0, 0.05) is 18.4 Å². The van der Waals surface area contributed by atoms with Gasteiger partial charge in [-0.15, -0.1) is 0 Å².